The van der Waals surface area contributed by atoms with Gasteiger partial charge in [0.2, 0.25) is 0 Å². The van der Waals surface area contributed by atoms with Crippen LogP contribution >= 0.6 is 11.6 Å². The van der Waals surface area contributed by atoms with Crippen LogP contribution in [0.15, 0.2) is 18.2 Å². The summed E-state index contributed by atoms with van der Waals surface area (Å²) in [5.41, 5.74) is 0.848. The van der Waals surface area contributed by atoms with E-state index < -0.39 is 0 Å². The average molecular weight is 270 g/mol. The monoisotopic (exact) mass is 269 g/mol. The summed E-state index contributed by atoms with van der Waals surface area (Å²) in [5, 5.41) is 3.91. The van der Waals surface area contributed by atoms with E-state index in [2.05, 4.69) is 5.32 Å². The van der Waals surface area contributed by atoms with Gasteiger partial charge in [-0.05, 0) is 50.1 Å². The minimum absolute atomic E-state index is 0.0727. The second kappa shape index (κ2) is 4.80. The Bertz CT molecular complexity index is 453. The Kier molecular flexibility index (Phi) is 3.31. The van der Waals surface area contributed by atoms with Gasteiger partial charge < -0.3 is 10.1 Å². The van der Waals surface area contributed by atoms with E-state index in [-0.39, 0.29) is 11.9 Å². The zero-order valence-corrected chi connectivity index (χ0v) is 11.1. The SMILES string of the molecule is CNC(c1cc(F)ccc1Cl)C1CC2CCC1O2. The fourth-order valence-electron chi connectivity index (χ4n) is 3.38. The first-order valence-electron chi connectivity index (χ1n) is 6.46. The van der Waals surface area contributed by atoms with Gasteiger partial charge in [-0.1, -0.05) is 11.6 Å². The Balaban J connectivity index is 1.90. The van der Waals surface area contributed by atoms with Crippen LogP contribution in [0.5, 0.6) is 0 Å². The summed E-state index contributed by atoms with van der Waals surface area (Å²) in [6.07, 6.45) is 4.01. The minimum Gasteiger partial charge on any atom is -0.375 e. The van der Waals surface area contributed by atoms with E-state index in [4.69, 9.17) is 16.3 Å². The standard InChI is InChI=1S/C14H17ClFNO/c1-17-14(10-6-8(16)2-4-12(10)15)11-7-9-3-5-13(11)18-9/h2,4,6,9,11,13-14,17H,3,5,7H2,1H3. The van der Waals surface area contributed by atoms with Crippen molar-refractivity contribution in [2.45, 2.75) is 37.5 Å². The first-order chi connectivity index (χ1) is 8.69. The molecule has 4 atom stereocenters. The Labute approximate surface area is 111 Å². The number of halogens is 2. The van der Waals surface area contributed by atoms with Crippen LogP contribution in [0.4, 0.5) is 4.39 Å². The molecule has 2 bridgehead atoms. The molecule has 1 aromatic rings. The van der Waals surface area contributed by atoms with Gasteiger partial charge in [-0.25, -0.2) is 4.39 Å². The zero-order valence-electron chi connectivity index (χ0n) is 10.3. The van der Waals surface area contributed by atoms with Gasteiger partial charge in [0, 0.05) is 17.0 Å². The summed E-state index contributed by atoms with van der Waals surface area (Å²) in [5.74, 6) is 0.159. The van der Waals surface area contributed by atoms with Gasteiger partial charge in [-0.2, -0.15) is 0 Å². The topological polar surface area (TPSA) is 21.3 Å². The Morgan fingerprint density at radius 3 is 2.89 bits per heavy atom. The van der Waals surface area contributed by atoms with Gasteiger partial charge in [-0.3, -0.25) is 0 Å². The Hall–Kier alpha value is -0.640. The summed E-state index contributed by atoms with van der Waals surface area (Å²) < 4.78 is 19.3. The molecule has 0 aromatic heterocycles. The third-order valence-electron chi connectivity index (χ3n) is 4.19. The van der Waals surface area contributed by atoms with Crippen molar-refractivity contribution < 1.29 is 9.13 Å². The fraction of sp³-hybridized carbons (Fsp3) is 0.571. The summed E-state index contributed by atoms with van der Waals surface area (Å²) in [6, 6.07) is 4.64. The van der Waals surface area contributed by atoms with Crippen LogP contribution in [0.25, 0.3) is 0 Å². The molecule has 0 aliphatic carbocycles. The highest BCUT2D eigenvalue weighted by Gasteiger charge is 2.44. The number of nitrogens with one attached hydrogen (secondary N) is 1. The molecule has 4 unspecified atom stereocenters. The number of hydrogen-bond acceptors (Lipinski definition) is 2. The summed E-state index contributed by atoms with van der Waals surface area (Å²) >= 11 is 6.20. The fourth-order valence-corrected chi connectivity index (χ4v) is 3.62. The molecular formula is C14H17ClFNO. The largest absolute Gasteiger partial charge is 0.375 e. The number of hydrogen-bond donors (Lipinski definition) is 1. The van der Waals surface area contributed by atoms with E-state index in [1.165, 1.54) is 12.1 Å². The third-order valence-corrected chi connectivity index (χ3v) is 4.53. The molecule has 2 heterocycles. The number of fused-ring (bicyclic) bond motifs is 2. The van der Waals surface area contributed by atoms with Gasteiger partial charge in [-0.15, -0.1) is 0 Å². The lowest BCUT2D eigenvalue weighted by molar-refractivity contribution is 0.0863. The highest BCUT2D eigenvalue weighted by molar-refractivity contribution is 6.31. The molecule has 2 aliphatic heterocycles. The van der Waals surface area contributed by atoms with Crippen LogP contribution in [0.2, 0.25) is 5.02 Å². The van der Waals surface area contributed by atoms with Crippen molar-refractivity contribution in [3.05, 3.63) is 34.6 Å². The zero-order chi connectivity index (χ0) is 12.7. The molecule has 4 heteroatoms. The summed E-state index contributed by atoms with van der Waals surface area (Å²) in [7, 11) is 1.90. The van der Waals surface area contributed by atoms with Crippen LogP contribution in [0.3, 0.4) is 0 Å². The lowest BCUT2D eigenvalue weighted by atomic mass is 9.81. The first kappa shape index (κ1) is 12.4. The van der Waals surface area contributed by atoms with E-state index in [1.54, 1.807) is 6.07 Å². The van der Waals surface area contributed by atoms with E-state index >= 15 is 0 Å². The van der Waals surface area contributed by atoms with E-state index in [1.807, 2.05) is 7.05 Å². The van der Waals surface area contributed by atoms with Gasteiger partial charge in [0.05, 0.1) is 12.2 Å². The van der Waals surface area contributed by atoms with E-state index in [0.29, 0.717) is 23.1 Å². The van der Waals surface area contributed by atoms with Crippen LogP contribution in [-0.2, 0) is 4.74 Å². The van der Waals surface area contributed by atoms with E-state index in [0.717, 1.165) is 24.8 Å². The predicted molar refractivity (Wildman–Crippen MR) is 69.2 cm³/mol. The number of rotatable bonds is 3. The summed E-state index contributed by atoms with van der Waals surface area (Å²) in [6.45, 7) is 0. The quantitative estimate of drug-likeness (QED) is 0.909. The van der Waals surface area contributed by atoms with Crippen molar-refractivity contribution in [3.8, 4) is 0 Å². The maximum absolute atomic E-state index is 13.4. The van der Waals surface area contributed by atoms with Gasteiger partial charge in [0.25, 0.3) is 0 Å². The molecular weight excluding hydrogens is 253 g/mol. The molecule has 0 saturated carbocycles. The van der Waals surface area contributed by atoms with Crippen LogP contribution in [0.1, 0.15) is 30.9 Å². The van der Waals surface area contributed by atoms with Crippen molar-refractivity contribution in [2.75, 3.05) is 7.05 Å². The van der Waals surface area contributed by atoms with Gasteiger partial charge >= 0.3 is 0 Å². The van der Waals surface area contributed by atoms with Crippen molar-refractivity contribution in [1.29, 1.82) is 0 Å². The lowest BCUT2D eigenvalue weighted by Crippen LogP contribution is -2.32. The molecule has 98 valence electrons. The maximum Gasteiger partial charge on any atom is 0.123 e. The molecule has 18 heavy (non-hydrogen) atoms. The molecule has 3 rings (SSSR count). The summed E-state index contributed by atoms with van der Waals surface area (Å²) in [4.78, 5) is 0. The molecule has 2 saturated heterocycles. The highest BCUT2D eigenvalue weighted by atomic mass is 35.5. The molecule has 0 spiro atoms. The second-order valence-corrected chi connectivity index (χ2v) is 5.61. The van der Waals surface area contributed by atoms with Crippen LogP contribution in [0, 0.1) is 11.7 Å². The van der Waals surface area contributed by atoms with Gasteiger partial charge in [0.1, 0.15) is 5.82 Å². The van der Waals surface area contributed by atoms with Crippen LogP contribution < -0.4 is 5.32 Å². The van der Waals surface area contributed by atoms with Crippen molar-refractivity contribution >= 4 is 11.6 Å². The number of benzene rings is 1. The highest BCUT2D eigenvalue weighted by Crippen LogP contribution is 2.45. The molecule has 0 amide bonds. The minimum atomic E-state index is -0.237. The average Bonchev–Trinajstić information content (AvgIpc) is 2.97. The van der Waals surface area contributed by atoms with Crippen molar-refractivity contribution in [3.63, 3.8) is 0 Å². The molecule has 2 aliphatic rings. The first-order valence-corrected chi connectivity index (χ1v) is 6.84. The lowest BCUT2D eigenvalue weighted by Gasteiger charge is -2.29. The molecule has 1 aromatic carbocycles. The van der Waals surface area contributed by atoms with Crippen LogP contribution in [-0.4, -0.2) is 19.3 Å². The predicted octanol–water partition coefficient (Wildman–Crippen LogP) is 3.31. The number of ether oxygens (including phenoxy) is 1. The van der Waals surface area contributed by atoms with Crippen molar-refractivity contribution in [1.82, 2.24) is 5.32 Å². The molecule has 0 radical (unpaired) electrons. The van der Waals surface area contributed by atoms with Gasteiger partial charge in [0.15, 0.2) is 0 Å². The van der Waals surface area contributed by atoms with E-state index in [9.17, 15) is 4.39 Å². The molecule has 2 fully saturated rings. The Morgan fingerprint density at radius 2 is 2.28 bits per heavy atom. The Morgan fingerprint density at radius 1 is 1.44 bits per heavy atom. The maximum atomic E-state index is 13.4. The third kappa shape index (κ3) is 2.04. The normalized spacial score (nSPS) is 31.8. The molecule has 2 nitrogen and oxygen atoms in total. The smallest absolute Gasteiger partial charge is 0.123 e. The molecule has 1 N–H and O–H groups in total. The second-order valence-electron chi connectivity index (χ2n) is 5.21. The van der Waals surface area contributed by atoms with Crippen molar-refractivity contribution in [2.24, 2.45) is 5.92 Å².